The summed E-state index contributed by atoms with van der Waals surface area (Å²) in [4.78, 5) is 36.8. The van der Waals surface area contributed by atoms with E-state index in [-0.39, 0.29) is 41.2 Å². The number of ketones is 1. The zero-order valence-corrected chi connectivity index (χ0v) is 21.1. The number of allylic oxidation sites excluding steroid dienone is 2. The summed E-state index contributed by atoms with van der Waals surface area (Å²) >= 11 is 0. The van der Waals surface area contributed by atoms with Crippen LogP contribution in [-0.4, -0.2) is 28.9 Å². The van der Waals surface area contributed by atoms with Gasteiger partial charge < -0.3 is 9.84 Å². The average Bonchev–Trinajstić information content (AvgIpc) is 3.10. The van der Waals surface area contributed by atoms with Crippen molar-refractivity contribution in [3.05, 3.63) is 11.6 Å². The van der Waals surface area contributed by atoms with Crippen LogP contribution in [0.15, 0.2) is 11.6 Å². The highest BCUT2D eigenvalue weighted by molar-refractivity contribution is 5.99. The second kappa shape index (κ2) is 8.85. The highest BCUT2D eigenvalue weighted by Gasteiger charge is 2.64. The molecule has 5 nitrogen and oxygen atoms in total. The standard InChI is InChI=1S/C28H42O5/c1-6-19-23-15-18(33-17(3)29)11-13-28(23,5)22-12-14-27(4)20(16(2)7-10-24(30)31)8-9-21(27)25(22)26(19)32/h6,16,18,20-23,25H,7-15H2,1-5H3,(H,30,31)/b19-6+/t16-,18-,20-,21+,22+,23+,25+,27-,28-/m1/s1. The lowest BCUT2D eigenvalue weighted by Crippen LogP contribution is -2.58. The Morgan fingerprint density at radius 3 is 2.42 bits per heavy atom. The molecule has 0 aromatic heterocycles. The maximum Gasteiger partial charge on any atom is 0.303 e. The molecule has 0 aliphatic heterocycles. The molecule has 4 aliphatic carbocycles. The maximum atomic E-state index is 14.0. The van der Waals surface area contributed by atoms with Gasteiger partial charge >= 0.3 is 11.9 Å². The van der Waals surface area contributed by atoms with E-state index in [1.54, 1.807) is 0 Å². The summed E-state index contributed by atoms with van der Waals surface area (Å²) in [5.74, 6) is 1.31. The molecule has 0 amide bonds. The van der Waals surface area contributed by atoms with Crippen molar-refractivity contribution in [3.63, 3.8) is 0 Å². The lowest BCUT2D eigenvalue weighted by Gasteiger charge is -2.61. The van der Waals surface area contributed by atoms with Crippen LogP contribution < -0.4 is 0 Å². The summed E-state index contributed by atoms with van der Waals surface area (Å²) < 4.78 is 5.60. The molecule has 4 aliphatic rings. The van der Waals surface area contributed by atoms with Gasteiger partial charge in [-0.25, -0.2) is 0 Å². The van der Waals surface area contributed by atoms with Crippen LogP contribution in [0.2, 0.25) is 0 Å². The highest BCUT2D eigenvalue weighted by atomic mass is 16.5. The van der Waals surface area contributed by atoms with Gasteiger partial charge in [0.05, 0.1) is 0 Å². The number of carboxylic acids is 1. The smallest absolute Gasteiger partial charge is 0.303 e. The first kappa shape index (κ1) is 24.5. The van der Waals surface area contributed by atoms with Crippen LogP contribution >= 0.6 is 0 Å². The zero-order valence-electron chi connectivity index (χ0n) is 21.1. The van der Waals surface area contributed by atoms with E-state index in [0.717, 1.165) is 56.9 Å². The predicted octanol–water partition coefficient (Wildman–Crippen LogP) is 5.81. The highest BCUT2D eigenvalue weighted by Crippen LogP contribution is 2.68. The van der Waals surface area contributed by atoms with Crippen molar-refractivity contribution in [3.8, 4) is 0 Å². The van der Waals surface area contributed by atoms with E-state index in [2.05, 4.69) is 20.8 Å². The fourth-order valence-electron chi connectivity index (χ4n) is 9.04. The number of carbonyl (C=O) groups is 3. The molecular formula is C28H42O5. The Bertz CT molecular complexity index is 845. The van der Waals surface area contributed by atoms with Crippen molar-refractivity contribution in [2.24, 2.45) is 46.3 Å². The summed E-state index contributed by atoms with van der Waals surface area (Å²) in [5, 5.41) is 9.17. The number of Topliss-reactive ketones (excluding diaryl/α,β-unsaturated/α-hetero) is 1. The Kier molecular flexibility index (Phi) is 6.56. The Hall–Kier alpha value is -1.65. The zero-order chi connectivity index (χ0) is 24.1. The summed E-state index contributed by atoms with van der Waals surface area (Å²) in [6.45, 7) is 10.5. The van der Waals surface area contributed by atoms with Crippen molar-refractivity contribution in [1.82, 2.24) is 0 Å². The number of carboxylic acid groups (broad SMARTS) is 1. The van der Waals surface area contributed by atoms with Gasteiger partial charge in [-0.2, -0.15) is 0 Å². The molecule has 4 rings (SSSR count). The van der Waals surface area contributed by atoms with E-state index < -0.39 is 5.97 Å². The van der Waals surface area contributed by atoms with Gasteiger partial charge in [0.25, 0.3) is 0 Å². The second-order valence-corrected chi connectivity index (χ2v) is 12.0. The summed E-state index contributed by atoms with van der Waals surface area (Å²) in [7, 11) is 0. The number of carbonyl (C=O) groups excluding carboxylic acids is 2. The molecule has 33 heavy (non-hydrogen) atoms. The van der Waals surface area contributed by atoms with Crippen LogP contribution in [0, 0.1) is 46.3 Å². The normalized spacial score (nSPS) is 44.5. The number of esters is 1. The van der Waals surface area contributed by atoms with Crippen molar-refractivity contribution >= 4 is 17.7 Å². The molecule has 0 aromatic rings. The van der Waals surface area contributed by atoms with Crippen LogP contribution in [0.5, 0.6) is 0 Å². The van der Waals surface area contributed by atoms with E-state index in [1.807, 2.05) is 13.0 Å². The number of rotatable bonds is 5. The molecule has 5 heteroatoms. The first-order chi connectivity index (χ1) is 15.5. The lowest BCUT2D eigenvalue weighted by atomic mass is 9.43. The molecule has 4 saturated carbocycles. The van der Waals surface area contributed by atoms with Gasteiger partial charge in [-0.05, 0) is 104 Å². The number of hydrogen-bond donors (Lipinski definition) is 1. The van der Waals surface area contributed by atoms with Crippen LogP contribution in [-0.2, 0) is 19.1 Å². The first-order valence-corrected chi connectivity index (χ1v) is 13.1. The first-order valence-electron chi connectivity index (χ1n) is 13.1. The molecule has 0 radical (unpaired) electrons. The van der Waals surface area contributed by atoms with Gasteiger partial charge in [-0.15, -0.1) is 0 Å². The van der Waals surface area contributed by atoms with E-state index >= 15 is 0 Å². The predicted molar refractivity (Wildman–Crippen MR) is 126 cm³/mol. The van der Waals surface area contributed by atoms with Crippen LogP contribution in [0.3, 0.4) is 0 Å². The minimum absolute atomic E-state index is 0.0748. The van der Waals surface area contributed by atoms with Gasteiger partial charge in [-0.3, -0.25) is 14.4 Å². The molecule has 0 aromatic carbocycles. The van der Waals surface area contributed by atoms with Gasteiger partial charge in [0, 0.05) is 19.3 Å². The molecule has 0 spiro atoms. The third-order valence-corrected chi connectivity index (χ3v) is 10.6. The van der Waals surface area contributed by atoms with Crippen LogP contribution in [0.4, 0.5) is 0 Å². The fraction of sp³-hybridized carbons (Fsp3) is 0.821. The minimum atomic E-state index is -0.714. The summed E-state index contributed by atoms with van der Waals surface area (Å²) in [5.41, 5.74) is 1.17. The Morgan fingerprint density at radius 1 is 1.12 bits per heavy atom. The number of fused-ring (bicyclic) bond motifs is 5. The molecular weight excluding hydrogens is 416 g/mol. The van der Waals surface area contributed by atoms with E-state index in [1.165, 1.54) is 6.92 Å². The van der Waals surface area contributed by atoms with E-state index in [0.29, 0.717) is 29.5 Å². The van der Waals surface area contributed by atoms with Crippen molar-refractivity contribution < 1.29 is 24.2 Å². The van der Waals surface area contributed by atoms with Crippen LogP contribution in [0.1, 0.15) is 92.4 Å². The van der Waals surface area contributed by atoms with Crippen molar-refractivity contribution in [1.29, 1.82) is 0 Å². The van der Waals surface area contributed by atoms with Crippen molar-refractivity contribution in [2.45, 2.75) is 98.5 Å². The third kappa shape index (κ3) is 3.97. The number of ether oxygens (including phenoxy) is 1. The summed E-state index contributed by atoms with van der Waals surface area (Å²) in [6.07, 6.45) is 9.98. The third-order valence-electron chi connectivity index (χ3n) is 10.6. The Labute approximate surface area is 198 Å². The second-order valence-electron chi connectivity index (χ2n) is 12.0. The monoisotopic (exact) mass is 458 g/mol. The quantitative estimate of drug-likeness (QED) is 0.415. The van der Waals surface area contributed by atoms with E-state index in [4.69, 9.17) is 4.74 Å². The largest absolute Gasteiger partial charge is 0.481 e. The number of hydrogen-bond acceptors (Lipinski definition) is 4. The van der Waals surface area contributed by atoms with E-state index in [9.17, 15) is 19.5 Å². The molecule has 9 atom stereocenters. The van der Waals surface area contributed by atoms with Gasteiger partial charge in [0.2, 0.25) is 0 Å². The topological polar surface area (TPSA) is 80.7 Å². The minimum Gasteiger partial charge on any atom is -0.481 e. The summed E-state index contributed by atoms with van der Waals surface area (Å²) in [6, 6.07) is 0. The molecule has 184 valence electrons. The van der Waals surface area contributed by atoms with Gasteiger partial charge in [0.1, 0.15) is 6.10 Å². The average molecular weight is 459 g/mol. The molecule has 0 heterocycles. The molecule has 0 unspecified atom stereocenters. The number of aliphatic carboxylic acids is 1. The fourth-order valence-corrected chi connectivity index (χ4v) is 9.04. The molecule has 0 bridgehead atoms. The molecule has 1 N–H and O–H groups in total. The van der Waals surface area contributed by atoms with Crippen LogP contribution in [0.25, 0.3) is 0 Å². The van der Waals surface area contributed by atoms with Crippen molar-refractivity contribution in [2.75, 3.05) is 0 Å². The van der Waals surface area contributed by atoms with Gasteiger partial charge in [0.15, 0.2) is 5.78 Å². The SMILES string of the molecule is C/C=C1/C(=O)[C@@H]2[C@H](CC[C@]3(C)[C@@H]([C@H](C)CCC(=O)O)CC[C@@H]23)[C@@]2(C)CC[C@@H](OC(C)=O)C[C@@H]12. The van der Waals surface area contributed by atoms with Gasteiger partial charge in [-0.1, -0.05) is 26.8 Å². The molecule has 4 fully saturated rings. The Morgan fingerprint density at radius 2 is 1.79 bits per heavy atom. The Balaban J connectivity index is 1.61. The maximum absolute atomic E-state index is 14.0. The molecule has 0 saturated heterocycles. The lowest BCUT2D eigenvalue weighted by molar-refractivity contribution is -0.160.